The number of hydrogen-bond acceptors (Lipinski definition) is 4. The molecule has 0 aliphatic heterocycles. The number of furan rings is 1. The largest absolute Gasteiger partial charge is 0.456 e. The predicted octanol–water partition coefficient (Wildman–Crippen LogP) is 1.89. The van der Waals surface area contributed by atoms with Gasteiger partial charge in [-0.05, 0) is 30.5 Å². The molecule has 19 heavy (non-hydrogen) atoms. The van der Waals surface area contributed by atoms with Gasteiger partial charge in [0.2, 0.25) is 0 Å². The van der Waals surface area contributed by atoms with Gasteiger partial charge in [-0.2, -0.15) is 0 Å². The van der Waals surface area contributed by atoms with E-state index in [1.165, 1.54) is 0 Å². The second-order valence-corrected chi connectivity index (χ2v) is 4.86. The highest BCUT2D eigenvalue weighted by molar-refractivity contribution is 7.10. The molecule has 0 unspecified atom stereocenters. The van der Waals surface area contributed by atoms with Crippen LogP contribution in [0.5, 0.6) is 0 Å². The molecule has 0 saturated heterocycles. The maximum absolute atomic E-state index is 11.8. The number of hydrogen-bond donors (Lipinski definition) is 2. The topological polar surface area (TPSA) is 68.3 Å². The van der Waals surface area contributed by atoms with Crippen molar-refractivity contribution in [3.63, 3.8) is 0 Å². The standard InChI is InChI=1S/C14H14N2O2S/c1-10-4-5-12(18-10)14(17)16-9-13-11(3-2-7-15)6-8-19-13/h4-6,8H,7,9,15H2,1H3,(H,16,17). The van der Waals surface area contributed by atoms with Crippen molar-refractivity contribution in [2.75, 3.05) is 6.54 Å². The SMILES string of the molecule is Cc1ccc(C(=O)NCc2sccc2C#CCN)o1. The maximum Gasteiger partial charge on any atom is 0.287 e. The minimum absolute atomic E-state index is 0.223. The summed E-state index contributed by atoms with van der Waals surface area (Å²) in [4.78, 5) is 12.8. The molecule has 2 aromatic rings. The minimum atomic E-state index is -0.223. The summed E-state index contributed by atoms with van der Waals surface area (Å²) in [5.74, 6) is 6.61. The lowest BCUT2D eigenvalue weighted by atomic mass is 10.2. The van der Waals surface area contributed by atoms with Crippen LogP contribution in [0.4, 0.5) is 0 Å². The van der Waals surface area contributed by atoms with Crippen molar-refractivity contribution in [3.8, 4) is 11.8 Å². The van der Waals surface area contributed by atoms with Crippen LogP contribution in [-0.2, 0) is 6.54 Å². The van der Waals surface area contributed by atoms with Crippen LogP contribution in [-0.4, -0.2) is 12.5 Å². The average molecular weight is 274 g/mol. The van der Waals surface area contributed by atoms with Gasteiger partial charge in [0.1, 0.15) is 5.76 Å². The van der Waals surface area contributed by atoms with Gasteiger partial charge in [-0.25, -0.2) is 0 Å². The highest BCUT2D eigenvalue weighted by Gasteiger charge is 2.10. The number of carbonyl (C=O) groups excluding carboxylic acids is 1. The smallest absolute Gasteiger partial charge is 0.287 e. The summed E-state index contributed by atoms with van der Waals surface area (Å²) >= 11 is 1.55. The number of amides is 1. The van der Waals surface area contributed by atoms with E-state index in [2.05, 4.69) is 17.2 Å². The first kappa shape index (κ1) is 13.4. The zero-order valence-corrected chi connectivity index (χ0v) is 11.3. The Kier molecular flexibility index (Phi) is 4.39. The van der Waals surface area contributed by atoms with E-state index in [9.17, 15) is 4.79 Å². The van der Waals surface area contributed by atoms with Gasteiger partial charge < -0.3 is 15.5 Å². The normalized spacial score (nSPS) is 9.79. The summed E-state index contributed by atoms with van der Waals surface area (Å²) in [6, 6.07) is 5.35. The van der Waals surface area contributed by atoms with Gasteiger partial charge in [0.25, 0.3) is 5.91 Å². The molecule has 0 spiro atoms. The monoisotopic (exact) mass is 274 g/mol. The molecule has 98 valence electrons. The molecule has 0 aliphatic rings. The van der Waals surface area contributed by atoms with Crippen LogP contribution >= 0.6 is 11.3 Å². The van der Waals surface area contributed by atoms with Gasteiger partial charge in [0, 0.05) is 10.4 Å². The van der Waals surface area contributed by atoms with Gasteiger partial charge in [-0.15, -0.1) is 11.3 Å². The van der Waals surface area contributed by atoms with E-state index in [0.29, 0.717) is 18.8 Å². The molecule has 0 aliphatic carbocycles. The van der Waals surface area contributed by atoms with Crippen molar-refractivity contribution in [1.82, 2.24) is 5.32 Å². The van der Waals surface area contributed by atoms with Crippen molar-refractivity contribution in [1.29, 1.82) is 0 Å². The summed E-state index contributed by atoms with van der Waals surface area (Å²) < 4.78 is 5.26. The zero-order valence-electron chi connectivity index (χ0n) is 10.5. The zero-order chi connectivity index (χ0) is 13.7. The third-order valence-electron chi connectivity index (χ3n) is 2.44. The van der Waals surface area contributed by atoms with E-state index in [1.807, 2.05) is 11.4 Å². The molecule has 0 radical (unpaired) electrons. The number of carbonyl (C=O) groups is 1. The van der Waals surface area contributed by atoms with Crippen molar-refractivity contribution < 1.29 is 9.21 Å². The molecule has 2 aromatic heterocycles. The second-order valence-electron chi connectivity index (χ2n) is 3.86. The Hall–Kier alpha value is -2.03. The van der Waals surface area contributed by atoms with Gasteiger partial charge in [0.05, 0.1) is 13.1 Å². The molecule has 5 heteroatoms. The van der Waals surface area contributed by atoms with Crippen LogP contribution in [0.1, 0.15) is 26.8 Å². The Morgan fingerprint density at radius 3 is 3.00 bits per heavy atom. The summed E-state index contributed by atoms with van der Waals surface area (Å²) in [7, 11) is 0. The Bertz CT molecular complexity index is 631. The van der Waals surface area contributed by atoms with Crippen LogP contribution in [0.15, 0.2) is 28.0 Å². The number of aryl methyl sites for hydroxylation is 1. The van der Waals surface area contributed by atoms with Crippen molar-refractivity contribution in [2.45, 2.75) is 13.5 Å². The van der Waals surface area contributed by atoms with Crippen LogP contribution in [0.25, 0.3) is 0 Å². The van der Waals surface area contributed by atoms with E-state index >= 15 is 0 Å². The molecule has 4 nitrogen and oxygen atoms in total. The van der Waals surface area contributed by atoms with Crippen molar-refractivity contribution in [3.05, 3.63) is 45.5 Å². The molecule has 0 saturated carbocycles. The fourth-order valence-electron chi connectivity index (χ4n) is 1.54. The molecule has 0 atom stereocenters. The third kappa shape index (κ3) is 3.47. The fraction of sp³-hybridized carbons (Fsp3) is 0.214. The lowest BCUT2D eigenvalue weighted by Crippen LogP contribution is -2.22. The minimum Gasteiger partial charge on any atom is -0.456 e. The Labute approximate surface area is 115 Å². The van der Waals surface area contributed by atoms with Gasteiger partial charge in [0.15, 0.2) is 5.76 Å². The first-order chi connectivity index (χ1) is 9.20. The van der Waals surface area contributed by atoms with Gasteiger partial charge in [-0.1, -0.05) is 11.8 Å². The molecular formula is C14H14N2O2S. The summed E-state index contributed by atoms with van der Waals surface area (Å²) in [5.41, 5.74) is 6.25. The highest BCUT2D eigenvalue weighted by atomic mass is 32.1. The van der Waals surface area contributed by atoms with Crippen LogP contribution < -0.4 is 11.1 Å². The van der Waals surface area contributed by atoms with E-state index in [0.717, 1.165) is 16.2 Å². The fourth-order valence-corrected chi connectivity index (χ4v) is 2.31. The van der Waals surface area contributed by atoms with E-state index < -0.39 is 0 Å². The first-order valence-corrected chi connectivity index (χ1v) is 6.68. The maximum atomic E-state index is 11.8. The molecular weight excluding hydrogens is 260 g/mol. The quantitative estimate of drug-likeness (QED) is 0.840. The lowest BCUT2D eigenvalue weighted by molar-refractivity contribution is 0.0922. The van der Waals surface area contributed by atoms with Gasteiger partial charge >= 0.3 is 0 Å². The van der Waals surface area contributed by atoms with E-state index in [-0.39, 0.29) is 5.91 Å². The third-order valence-corrected chi connectivity index (χ3v) is 3.37. The lowest BCUT2D eigenvalue weighted by Gasteiger charge is -2.01. The molecule has 3 N–H and O–H groups in total. The summed E-state index contributed by atoms with van der Waals surface area (Å²) in [5, 5.41) is 4.75. The first-order valence-electron chi connectivity index (χ1n) is 5.80. The second kappa shape index (κ2) is 6.23. The molecule has 1 amide bonds. The number of rotatable bonds is 3. The predicted molar refractivity (Wildman–Crippen MR) is 74.9 cm³/mol. The highest BCUT2D eigenvalue weighted by Crippen LogP contribution is 2.15. The molecule has 2 heterocycles. The summed E-state index contributed by atoms with van der Waals surface area (Å²) in [6.45, 7) is 2.56. The van der Waals surface area contributed by atoms with E-state index in [4.69, 9.17) is 10.2 Å². The molecule has 2 rings (SSSR count). The average Bonchev–Trinajstić information content (AvgIpc) is 3.02. The number of nitrogens with one attached hydrogen (secondary N) is 1. The Morgan fingerprint density at radius 1 is 1.47 bits per heavy atom. The summed E-state index contributed by atoms with van der Waals surface area (Å²) in [6.07, 6.45) is 0. The molecule has 0 fully saturated rings. The Morgan fingerprint density at radius 2 is 2.32 bits per heavy atom. The van der Waals surface area contributed by atoms with Crippen LogP contribution in [0, 0.1) is 18.8 Å². The molecule has 0 bridgehead atoms. The van der Waals surface area contributed by atoms with Crippen LogP contribution in [0.2, 0.25) is 0 Å². The number of nitrogens with two attached hydrogens (primary N) is 1. The van der Waals surface area contributed by atoms with Crippen molar-refractivity contribution >= 4 is 17.2 Å². The van der Waals surface area contributed by atoms with Gasteiger partial charge in [-0.3, -0.25) is 4.79 Å². The van der Waals surface area contributed by atoms with Crippen molar-refractivity contribution in [2.24, 2.45) is 5.73 Å². The van der Waals surface area contributed by atoms with E-state index in [1.54, 1.807) is 30.4 Å². The number of thiophene rings is 1. The van der Waals surface area contributed by atoms with Crippen LogP contribution in [0.3, 0.4) is 0 Å². The Balaban J connectivity index is 1.99. The molecule has 0 aromatic carbocycles.